The third kappa shape index (κ3) is 2.94. The molecule has 0 unspecified atom stereocenters. The highest BCUT2D eigenvalue weighted by Gasteiger charge is 2.19. The maximum absolute atomic E-state index is 13.7. The number of thiophene rings is 1. The highest BCUT2D eigenvalue weighted by molar-refractivity contribution is 9.11. The molecule has 1 amide bonds. The number of fused-ring (bicyclic) bond motifs is 1. The van der Waals surface area contributed by atoms with Crippen molar-refractivity contribution >= 4 is 44.1 Å². The summed E-state index contributed by atoms with van der Waals surface area (Å²) in [5, 5.41) is 3.45. The summed E-state index contributed by atoms with van der Waals surface area (Å²) in [6, 6.07) is 8.67. The minimum Gasteiger partial charge on any atom is -0.448 e. The van der Waals surface area contributed by atoms with Gasteiger partial charge in [0.2, 0.25) is 0 Å². The zero-order valence-electron chi connectivity index (χ0n) is 11.8. The molecule has 0 fully saturated rings. The van der Waals surface area contributed by atoms with Crippen molar-refractivity contribution in [1.82, 2.24) is 5.32 Å². The van der Waals surface area contributed by atoms with Gasteiger partial charge in [-0.1, -0.05) is 12.1 Å². The molecule has 1 N–H and O–H groups in total. The summed E-state index contributed by atoms with van der Waals surface area (Å²) in [6.45, 7) is 2.27. The van der Waals surface area contributed by atoms with Crippen LogP contribution in [0.4, 0.5) is 4.39 Å². The Morgan fingerprint density at radius 2 is 2.18 bits per heavy atom. The number of carbonyl (C=O) groups is 1. The van der Waals surface area contributed by atoms with E-state index in [4.69, 9.17) is 4.42 Å². The van der Waals surface area contributed by atoms with Crippen LogP contribution in [0.5, 0.6) is 0 Å². The molecule has 3 nitrogen and oxygen atoms in total. The lowest BCUT2D eigenvalue weighted by Crippen LogP contribution is -2.25. The molecule has 0 aliphatic carbocycles. The van der Waals surface area contributed by atoms with E-state index in [1.807, 2.05) is 12.1 Å². The number of furan rings is 1. The molecule has 2 heterocycles. The Kier molecular flexibility index (Phi) is 4.31. The molecular formula is C16H13BrFNO2S. The smallest absolute Gasteiger partial charge is 0.287 e. The average Bonchev–Trinajstić information content (AvgIpc) is 3.04. The van der Waals surface area contributed by atoms with Crippen LogP contribution in [0.3, 0.4) is 0 Å². The molecule has 3 rings (SSSR count). The van der Waals surface area contributed by atoms with Crippen molar-refractivity contribution < 1.29 is 13.6 Å². The fourth-order valence-electron chi connectivity index (χ4n) is 2.29. The zero-order chi connectivity index (χ0) is 15.7. The number of benzene rings is 1. The molecule has 0 aliphatic heterocycles. The molecule has 0 aliphatic rings. The van der Waals surface area contributed by atoms with Gasteiger partial charge in [-0.15, -0.1) is 11.3 Å². The van der Waals surface area contributed by atoms with Crippen molar-refractivity contribution in [3.8, 4) is 0 Å². The molecule has 0 spiro atoms. The first kappa shape index (κ1) is 15.2. The molecule has 0 bridgehead atoms. The van der Waals surface area contributed by atoms with Crippen molar-refractivity contribution in [2.75, 3.05) is 6.54 Å². The second-order valence-corrected chi connectivity index (χ2v) is 7.43. The van der Waals surface area contributed by atoms with Gasteiger partial charge < -0.3 is 9.73 Å². The summed E-state index contributed by atoms with van der Waals surface area (Å²) in [6.07, 6.45) is 0.746. The number of hydrogen-bond donors (Lipinski definition) is 1. The van der Waals surface area contributed by atoms with Crippen molar-refractivity contribution in [3.05, 3.63) is 56.1 Å². The molecule has 0 radical (unpaired) electrons. The van der Waals surface area contributed by atoms with Crippen LogP contribution >= 0.6 is 27.3 Å². The van der Waals surface area contributed by atoms with Crippen LogP contribution in [-0.2, 0) is 6.42 Å². The van der Waals surface area contributed by atoms with E-state index in [0.717, 1.165) is 10.2 Å². The quantitative estimate of drug-likeness (QED) is 0.712. The van der Waals surface area contributed by atoms with Gasteiger partial charge in [0, 0.05) is 22.4 Å². The fraction of sp³-hybridized carbons (Fsp3) is 0.188. The lowest BCUT2D eigenvalue weighted by molar-refractivity contribution is 0.0927. The fourth-order valence-corrected chi connectivity index (χ4v) is 3.77. The van der Waals surface area contributed by atoms with Gasteiger partial charge in [-0.2, -0.15) is 0 Å². The van der Waals surface area contributed by atoms with E-state index < -0.39 is 5.82 Å². The number of para-hydroxylation sites is 1. The molecule has 3 aromatic rings. The second kappa shape index (κ2) is 6.22. The SMILES string of the molecule is Cc1c(C(=O)NCCc2ccc(Br)s2)oc2c(F)cccc12. The molecule has 6 heteroatoms. The summed E-state index contributed by atoms with van der Waals surface area (Å²) in [5.41, 5.74) is 0.790. The van der Waals surface area contributed by atoms with Gasteiger partial charge in [-0.05, 0) is 47.5 Å². The Balaban J connectivity index is 1.72. The molecule has 1 aromatic carbocycles. The number of halogens is 2. The first-order valence-electron chi connectivity index (χ1n) is 6.76. The van der Waals surface area contributed by atoms with E-state index in [9.17, 15) is 9.18 Å². The summed E-state index contributed by atoms with van der Waals surface area (Å²) in [7, 11) is 0. The van der Waals surface area contributed by atoms with Crippen LogP contribution < -0.4 is 5.32 Å². The third-order valence-corrected chi connectivity index (χ3v) is 5.09. The van der Waals surface area contributed by atoms with Gasteiger partial charge >= 0.3 is 0 Å². The van der Waals surface area contributed by atoms with Crippen molar-refractivity contribution in [3.63, 3.8) is 0 Å². The highest BCUT2D eigenvalue weighted by atomic mass is 79.9. The van der Waals surface area contributed by atoms with Crippen LogP contribution in [0.25, 0.3) is 11.0 Å². The standard InChI is InChI=1S/C16H13BrFNO2S/c1-9-11-3-2-4-12(18)15(11)21-14(9)16(20)19-8-7-10-5-6-13(17)22-10/h2-6H,7-8H2,1H3,(H,19,20). The lowest BCUT2D eigenvalue weighted by atomic mass is 10.1. The van der Waals surface area contributed by atoms with Crippen LogP contribution in [0.1, 0.15) is 21.0 Å². The number of rotatable bonds is 4. The largest absolute Gasteiger partial charge is 0.448 e. The number of carbonyl (C=O) groups excluding carboxylic acids is 1. The summed E-state index contributed by atoms with van der Waals surface area (Å²) >= 11 is 5.04. The Morgan fingerprint density at radius 3 is 2.86 bits per heavy atom. The topological polar surface area (TPSA) is 42.2 Å². The summed E-state index contributed by atoms with van der Waals surface area (Å²) < 4.78 is 20.2. The highest BCUT2D eigenvalue weighted by Crippen LogP contribution is 2.27. The first-order chi connectivity index (χ1) is 10.6. The van der Waals surface area contributed by atoms with E-state index in [-0.39, 0.29) is 17.3 Å². The van der Waals surface area contributed by atoms with Gasteiger partial charge in [0.05, 0.1) is 3.79 Å². The van der Waals surface area contributed by atoms with E-state index in [0.29, 0.717) is 17.5 Å². The van der Waals surface area contributed by atoms with Crippen LogP contribution in [-0.4, -0.2) is 12.5 Å². The minimum absolute atomic E-state index is 0.132. The molecular weight excluding hydrogens is 369 g/mol. The van der Waals surface area contributed by atoms with E-state index in [1.54, 1.807) is 30.4 Å². The van der Waals surface area contributed by atoms with Gasteiger partial charge in [-0.25, -0.2) is 4.39 Å². The van der Waals surface area contributed by atoms with Crippen LogP contribution in [0.15, 0.2) is 38.5 Å². The van der Waals surface area contributed by atoms with Crippen molar-refractivity contribution in [2.45, 2.75) is 13.3 Å². The molecule has 0 saturated heterocycles. The Bertz CT molecular complexity index is 840. The van der Waals surface area contributed by atoms with E-state index in [1.165, 1.54) is 10.9 Å². The van der Waals surface area contributed by atoms with E-state index >= 15 is 0 Å². The van der Waals surface area contributed by atoms with Crippen molar-refractivity contribution in [2.24, 2.45) is 0 Å². The maximum atomic E-state index is 13.7. The number of amides is 1. The predicted molar refractivity (Wildman–Crippen MR) is 89.0 cm³/mol. The minimum atomic E-state index is -0.455. The van der Waals surface area contributed by atoms with Crippen LogP contribution in [0.2, 0.25) is 0 Å². The Hall–Kier alpha value is -1.66. The third-order valence-electron chi connectivity index (χ3n) is 3.41. The van der Waals surface area contributed by atoms with E-state index in [2.05, 4.69) is 21.2 Å². The summed E-state index contributed by atoms with van der Waals surface area (Å²) in [4.78, 5) is 13.4. The first-order valence-corrected chi connectivity index (χ1v) is 8.37. The molecule has 22 heavy (non-hydrogen) atoms. The molecule has 0 atom stereocenters. The number of nitrogens with one attached hydrogen (secondary N) is 1. The molecule has 2 aromatic heterocycles. The monoisotopic (exact) mass is 381 g/mol. The van der Waals surface area contributed by atoms with Gasteiger partial charge in [-0.3, -0.25) is 4.79 Å². The normalized spacial score (nSPS) is 11.0. The summed E-state index contributed by atoms with van der Waals surface area (Å²) in [5.74, 6) is -0.598. The maximum Gasteiger partial charge on any atom is 0.287 e. The molecule has 0 saturated carbocycles. The van der Waals surface area contributed by atoms with Gasteiger partial charge in [0.15, 0.2) is 17.2 Å². The lowest BCUT2D eigenvalue weighted by Gasteiger charge is -2.02. The van der Waals surface area contributed by atoms with Gasteiger partial charge in [0.1, 0.15) is 0 Å². The predicted octanol–water partition coefficient (Wildman–Crippen LogP) is 4.68. The number of hydrogen-bond acceptors (Lipinski definition) is 3. The second-order valence-electron chi connectivity index (χ2n) is 4.88. The van der Waals surface area contributed by atoms with Crippen LogP contribution in [0, 0.1) is 12.7 Å². The Labute approximate surface area is 139 Å². The average molecular weight is 382 g/mol. The molecule has 114 valence electrons. The van der Waals surface area contributed by atoms with Crippen molar-refractivity contribution in [1.29, 1.82) is 0 Å². The Morgan fingerprint density at radius 1 is 1.36 bits per heavy atom. The number of aryl methyl sites for hydroxylation is 1. The van der Waals surface area contributed by atoms with Gasteiger partial charge in [0.25, 0.3) is 5.91 Å². The zero-order valence-corrected chi connectivity index (χ0v) is 14.2.